The Morgan fingerprint density at radius 1 is 1.32 bits per heavy atom. The van der Waals surface area contributed by atoms with Gasteiger partial charge in [-0.25, -0.2) is 0 Å². The van der Waals surface area contributed by atoms with Crippen molar-refractivity contribution in [1.82, 2.24) is 10.6 Å². The molecule has 1 aliphatic heterocycles. The summed E-state index contributed by atoms with van der Waals surface area (Å²) in [4.78, 5) is 12.1. The largest absolute Gasteiger partial charge is 0.391 e. The fraction of sp³-hybridized carbons (Fsp3) is 0.929. The normalized spacial score (nSPS) is 35.9. The molecule has 1 heterocycles. The van der Waals surface area contributed by atoms with Crippen LogP contribution in [0.3, 0.4) is 0 Å². The van der Waals surface area contributed by atoms with E-state index in [1.54, 1.807) is 7.11 Å². The number of hydrogen-bond acceptors (Lipinski definition) is 4. The summed E-state index contributed by atoms with van der Waals surface area (Å²) in [5, 5.41) is 16.0. The second kappa shape index (κ2) is 7.22. The van der Waals surface area contributed by atoms with E-state index in [1.165, 1.54) is 0 Å². The quantitative estimate of drug-likeness (QED) is 0.686. The van der Waals surface area contributed by atoms with Crippen molar-refractivity contribution in [3.63, 3.8) is 0 Å². The fourth-order valence-electron chi connectivity index (χ4n) is 3.07. The molecule has 1 amide bonds. The molecule has 3 N–H and O–H groups in total. The molecule has 0 aromatic rings. The Morgan fingerprint density at radius 2 is 2.05 bits per heavy atom. The van der Waals surface area contributed by atoms with Crippen molar-refractivity contribution in [3.8, 4) is 0 Å². The van der Waals surface area contributed by atoms with Gasteiger partial charge in [0.15, 0.2) is 0 Å². The average Bonchev–Trinajstić information content (AvgIpc) is 2.46. The molecule has 1 saturated heterocycles. The lowest BCUT2D eigenvalue weighted by Crippen LogP contribution is -2.46. The Kier molecular flexibility index (Phi) is 5.60. The summed E-state index contributed by atoms with van der Waals surface area (Å²) in [6.07, 6.45) is 4.71. The first kappa shape index (κ1) is 14.8. The third kappa shape index (κ3) is 4.16. The third-order valence-electron chi connectivity index (χ3n) is 4.51. The van der Waals surface area contributed by atoms with E-state index >= 15 is 0 Å². The van der Waals surface area contributed by atoms with Crippen molar-refractivity contribution in [1.29, 1.82) is 0 Å². The Labute approximate surface area is 115 Å². The number of rotatable bonds is 4. The van der Waals surface area contributed by atoms with E-state index in [2.05, 4.69) is 10.6 Å². The monoisotopic (exact) mass is 270 g/mol. The maximum absolute atomic E-state index is 12.1. The van der Waals surface area contributed by atoms with Gasteiger partial charge < -0.3 is 20.5 Å². The van der Waals surface area contributed by atoms with Gasteiger partial charge in [0.2, 0.25) is 5.91 Å². The first-order valence-corrected chi connectivity index (χ1v) is 7.40. The summed E-state index contributed by atoms with van der Waals surface area (Å²) >= 11 is 0. The lowest BCUT2D eigenvalue weighted by atomic mass is 9.86. The number of carbonyl (C=O) groups is 1. The highest BCUT2D eigenvalue weighted by molar-refractivity contribution is 5.78. The molecule has 2 aliphatic rings. The minimum Gasteiger partial charge on any atom is -0.391 e. The molecule has 0 radical (unpaired) electrons. The third-order valence-corrected chi connectivity index (χ3v) is 4.51. The summed E-state index contributed by atoms with van der Waals surface area (Å²) in [6.45, 7) is 2.17. The van der Waals surface area contributed by atoms with Crippen LogP contribution in [0.5, 0.6) is 0 Å². The second-order valence-electron chi connectivity index (χ2n) is 5.77. The molecular formula is C14H26N2O3. The maximum Gasteiger partial charge on any atom is 0.223 e. The highest BCUT2D eigenvalue weighted by Crippen LogP contribution is 2.26. The molecular weight excluding hydrogens is 244 g/mol. The number of aliphatic hydroxyl groups is 1. The molecule has 19 heavy (non-hydrogen) atoms. The Bertz CT molecular complexity index is 290. The average molecular weight is 270 g/mol. The van der Waals surface area contributed by atoms with E-state index in [4.69, 9.17) is 4.74 Å². The van der Waals surface area contributed by atoms with Crippen molar-refractivity contribution >= 4 is 5.91 Å². The fourth-order valence-corrected chi connectivity index (χ4v) is 3.07. The number of piperidine rings is 1. The van der Waals surface area contributed by atoms with Crippen LogP contribution in [-0.4, -0.2) is 50.0 Å². The van der Waals surface area contributed by atoms with Gasteiger partial charge in [-0.2, -0.15) is 0 Å². The summed E-state index contributed by atoms with van der Waals surface area (Å²) in [7, 11) is 1.74. The van der Waals surface area contributed by atoms with Gasteiger partial charge in [0.25, 0.3) is 0 Å². The highest BCUT2D eigenvalue weighted by Gasteiger charge is 2.28. The predicted octanol–water partition coefficient (Wildman–Crippen LogP) is 0.278. The van der Waals surface area contributed by atoms with Crippen molar-refractivity contribution in [3.05, 3.63) is 0 Å². The van der Waals surface area contributed by atoms with Crippen LogP contribution in [0.25, 0.3) is 0 Å². The number of β-amino-alcohol motifs (C(OH)–C–C–N with tert-alkyl or cyclic N) is 1. The molecule has 0 bridgehead atoms. The van der Waals surface area contributed by atoms with Gasteiger partial charge in [-0.15, -0.1) is 0 Å². The van der Waals surface area contributed by atoms with Crippen LogP contribution in [0.2, 0.25) is 0 Å². The van der Waals surface area contributed by atoms with Gasteiger partial charge in [0.05, 0.1) is 12.2 Å². The molecule has 5 nitrogen and oxygen atoms in total. The lowest BCUT2D eigenvalue weighted by Gasteiger charge is -2.30. The van der Waals surface area contributed by atoms with E-state index in [0.29, 0.717) is 19.2 Å². The van der Waals surface area contributed by atoms with Crippen molar-refractivity contribution < 1.29 is 14.6 Å². The second-order valence-corrected chi connectivity index (χ2v) is 5.77. The zero-order valence-electron chi connectivity index (χ0n) is 11.7. The van der Waals surface area contributed by atoms with E-state index in [1.807, 2.05) is 0 Å². The molecule has 2 atom stereocenters. The Hall–Kier alpha value is -0.650. The number of carbonyl (C=O) groups excluding carboxylic acids is 1. The van der Waals surface area contributed by atoms with Gasteiger partial charge in [0, 0.05) is 32.0 Å². The number of hydrogen-bond donors (Lipinski definition) is 3. The molecule has 1 saturated carbocycles. The van der Waals surface area contributed by atoms with E-state index < -0.39 is 0 Å². The highest BCUT2D eigenvalue weighted by atomic mass is 16.5. The Balaban J connectivity index is 1.69. The van der Waals surface area contributed by atoms with Crippen LogP contribution in [-0.2, 0) is 9.53 Å². The number of methoxy groups -OCH3 is 1. The number of ether oxygens (including phenoxy) is 1. The van der Waals surface area contributed by atoms with E-state index in [0.717, 1.165) is 38.6 Å². The first-order chi connectivity index (χ1) is 9.20. The smallest absolute Gasteiger partial charge is 0.223 e. The van der Waals surface area contributed by atoms with Crippen LogP contribution >= 0.6 is 0 Å². The molecule has 0 unspecified atom stereocenters. The van der Waals surface area contributed by atoms with Gasteiger partial charge >= 0.3 is 0 Å². The summed E-state index contributed by atoms with van der Waals surface area (Å²) < 4.78 is 5.32. The minimum absolute atomic E-state index is 0.130. The standard InChI is InChI=1S/C14H26N2O3/c1-19-12-4-2-10(3-5-12)14(18)16-8-11-6-7-15-9-13(11)17/h10-13,15,17H,2-9H2,1H3,(H,16,18)/t10?,11-,12?,13+/m0/s1. The predicted molar refractivity (Wildman–Crippen MR) is 72.7 cm³/mol. The van der Waals surface area contributed by atoms with Crippen LogP contribution < -0.4 is 10.6 Å². The van der Waals surface area contributed by atoms with Gasteiger partial charge in [-0.3, -0.25) is 4.79 Å². The molecule has 1 aliphatic carbocycles. The summed E-state index contributed by atoms with van der Waals surface area (Å²) in [5.74, 6) is 0.478. The van der Waals surface area contributed by atoms with E-state index in [9.17, 15) is 9.90 Å². The van der Waals surface area contributed by atoms with Crippen LogP contribution in [0.1, 0.15) is 32.1 Å². The number of nitrogens with one attached hydrogen (secondary N) is 2. The summed E-state index contributed by atoms with van der Waals surface area (Å²) in [5.41, 5.74) is 0. The van der Waals surface area contributed by atoms with Crippen molar-refractivity contribution in [2.75, 3.05) is 26.7 Å². The first-order valence-electron chi connectivity index (χ1n) is 7.40. The van der Waals surface area contributed by atoms with Crippen LogP contribution in [0, 0.1) is 11.8 Å². The molecule has 0 aromatic heterocycles. The molecule has 110 valence electrons. The van der Waals surface area contributed by atoms with Crippen LogP contribution in [0.4, 0.5) is 0 Å². The zero-order chi connectivity index (χ0) is 13.7. The van der Waals surface area contributed by atoms with Crippen molar-refractivity contribution in [2.24, 2.45) is 11.8 Å². The molecule has 2 rings (SSSR count). The Morgan fingerprint density at radius 3 is 2.68 bits per heavy atom. The van der Waals surface area contributed by atoms with Crippen molar-refractivity contribution in [2.45, 2.75) is 44.3 Å². The number of aliphatic hydroxyl groups excluding tert-OH is 1. The zero-order valence-corrected chi connectivity index (χ0v) is 11.7. The summed E-state index contributed by atoms with van der Waals surface area (Å²) in [6, 6.07) is 0. The molecule has 0 aromatic carbocycles. The molecule has 2 fully saturated rings. The SMILES string of the molecule is COC1CCC(C(=O)NC[C@@H]2CCNC[C@H]2O)CC1. The topological polar surface area (TPSA) is 70.6 Å². The van der Waals surface area contributed by atoms with Gasteiger partial charge in [-0.1, -0.05) is 0 Å². The van der Waals surface area contributed by atoms with Gasteiger partial charge in [0.1, 0.15) is 0 Å². The van der Waals surface area contributed by atoms with Gasteiger partial charge in [-0.05, 0) is 38.6 Å². The van der Waals surface area contributed by atoms with E-state index in [-0.39, 0.29) is 23.8 Å². The minimum atomic E-state index is -0.335. The molecule has 0 spiro atoms. The lowest BCUT2D eigenvalue weighted by molar-refractivity contribution is -0.127. The molecule has 5 heteroatoms. The number of amides is 1. The maximum atomic E-state index is 12.1. The van der Waals surface area contributed by atoms with Crippen LogP contribution in [0.15, 0.2) is 0 Å².